The van der Waals surface area contributed by atoms with Crippen molar-refractivity contribution >= 4 is 34.1 Å². The number of aromatic amines is 1. The molecule has 0 aliphatic carbocycles. The number of carbonyl (C=O) groups is 2. The van der Waals surface area contributed by atoms with Gasteiger partial charge in [0, 0.05) is 22.5 Å². The second-order valence-electron chi connectivity index (χ2n) is 5.29. The van der Waals surface area contributed by atoms with E-state index in [1.54, 1.807) is 11.6 Å². The molecule has 4 aromatic rings. The van der Waals surface area contributed by atoms with Gasteiger partial charge in [-0.25, -0.2) is 9.78 Å². The van der Waals surface area contributed by atoms with Crippen LogP contribution in [0.1, 0.15) is 21.3 Å². The highest BCUT2D eigenvalue weighted by Gasteiger charge is 2.20. The van der Waals surface area contributed by atoms with Crippen LogP contribution in [0.3, 0.4) is 0 Å². The summed E-state index contributed by atoms with van der Waals surface area (Å²) in [5, 5.41) is 17.3. The van der Waals surface area contributed by atoms with Crippen molar-refractivity contribution < 1.29 is 19.2 Å². The Hall–Kier alpha value is -3.53. The molecule has 0 aliphatic heterocycles. The molecule has 0 atom stereocenters. The van der Waals surface area contributed by atoms with E-state index in [0.717, 1.165) is 10.9 Å². The molecule has 4 rings (SSSR count). The van der Waals surface area contributed by atoms with Crippen LogP contribution in [-0.2, 0) is 6.54 Å². The largest absolute Gasteiger partial charge is 0.465 e. The van der Waals surface area contributed by atoms with Gasteiger partial charge in [0.15, 0.2) is 5.01 Å². The summed E-state index contributed by atoms with van der Waals surface area (Å²) in [6, 6.07) is 7.52. The van der Waals surface area contributed by atoms with Crippen molar-refractivity contribution in [3.05, 3.63) is 52.3 Å². The fraction of sp³-hybridized carbons (Fsp3) is 0.0625. The van der Waals surface area contributed by atoms with Crippen LogP contribution in [0.25, 0.3) is 22.4 Å². The van der Waals surface area contributed by atoms with Gasteiger partial charge < -0.3 is 19.9 Å². The zero-order chi connectivity index (χ0) is 18.1. The quantitative estimate of drug-likeness (QED) is 0.460. The Labute approximate surface area is 149 Å². The number of benzene rings is 1. The molecule has 0 fully saturated rings. The summed E-state index contributed by atoms with van der Waals surface area (Å²) >= 11 is 1.18. The first kappa shape index (κ1) is 16.0. The van der Waals surface area contributed by atoms with Gasteiger partial charge in [0.05, 0.1) is 5.56 Å². The van der Waals surface area contributed by atoms with E-state index >= 15 is 0 Å². The van der Waals surface area contributed by atoms with Crippen LogP contribution in [0.4, 0.5) is 4.79 Å². The predicted octanol–water partition coefficient (Wildman–Crippen LogP) is 2.67. The van der Waals surface area contributed by atoms with Crippen molar-refractivity contribution in [1.82, 2.24) is 25.4 Å². The number of aromatic nitrogens is 4. The van der Waals surface area contributed by atoms with Crippen LogP contribution >= 0.6 is 11.3 Å². The molecule has 0 radical (unpaired) electrons. The molecule has 0 aliphatic rings. The average Bonchev–Trinajstić information content (AvgIpc) is 3.37. The zero-order valence-electron chi connectivity index (χ0n) is 13.1. The third-order valence-corrected chi connectivity index (χ3v) is 4.46. The maximum atomic E-state index is 12.7. The fourth-order valence-electron chi connectivity index (χ4n) is 2.44. The van der Waals surface area contributed by atoms with E-state index in [1.165, 1.54) is 11.3 Å². The Morgan fingerprint density at radius 1 is 1.27 bits per heavy atom. The number of rotatable bonds is 5. The lowest BCUT2D eigenvalue weighted by Gasteiger charge is -1.94. The van der Waals surface area contributed by atoms with Crippen molar-refractivity contribution in [3.63, 3.8) is 0 Å². The number of hydrogen-bond donors (Lipinski definition) is 3. The molecule has 3 N–H and O–H groups in total. The number of thiazole rings is 1. The molecule has 3 aromatic heterocycles. The Bertz CT molecular complexity index is 1110. The summed E-state index contributed by atoms with van der Waals surface area (Å²) in [6.07, 6.45) is 0.475. The number of nitrogens with zero attached hydrogens (tertiary/aromatic N) is 3. The van der Waals surface area contributed by atoms with E-state index in [0.29, 0.717) is 16.3 Å². The maximum Gasteiger partial charge on any atom is 0.405 e. The van der Waals surface area contributed by atoms with E-state index < -0.39 is 6.09 Å². The monoisotopic (exact) mass is 369 g/mol. The maximum absolute atomic E-state index is 12.7. The second kappa shape index (κ2) is 6.41. The summed E-state index contributed by atoms with van der Waals surface area (Å²) in [6.45, 7) is -0.104. The minimum atomic E-state index is -1.19. The molecule has 26 heavy (non-hydrogen) atoms. The number of H-pyrrole nitrogens is 1. The fourth-order valence-corrected chi connectivity index (χ4v) is 3.19. The normalized spacial score (nSPS) is 10.9. The van der Waals surface area contributed by atoms with E-state index in [2.05, 4.69) is 25.4 Å². The van der Waals surface area contributed by atoms with E-state index in [1.807, 2.05) is 24.3 Å². The lowest BCUT2D eigenvalue weighted by molar-refractivity contribution is 0.104. The summed E-state index contributed by atoms with van der Waals surface area (Å²) < 4.78 is 4.96. The predicted molar refractivity (Wildman–Crippen MR) is 92.0 cm³/mol. The third-order valence-electron chi connectivity index (χ3n) is 3.62. The Balaban J connectivity index is 1.58. The molecule has 1 aromatic carbocycles. The minimum absolute atomic E-state index is 0.104. The summed E-state index contributed by atoms with van der Waals surface area (Å²) in [5.74, 6) is 0.108. The topological polar surface area (TPSA) is 134 Å². The van der Waals surface area contributed by atoms with Gasteiger partial charge in [0.1, 0.15) is 12.2 Å². The number of ketones is 1. The van der Waals surface area contributed by atoms with E-state index in [9.17, 15) is 9.59 Å². The van der Waals surface area contributed by atoms with Gasteiger partial charge in [-0.2, -0.15) is 4.98 Å². The number of fused-ring (bicyclic) bond motifs is 1. The molecule has 0 spiro atoms. The van der Waals surface area contributed by atoms with Crippen molar-refractivity contribution in [2.45, 2.75) is 6.54 Å². The number of nitrogens with one attached hydrogen (secondary N) is 2. The van der Waals surface area contributed by atoms with Gasteiger partial charge >= 0.3 is 6.09 Å². The first-order valence-electron chi connectivity index (χ1n) is 7.48. The van der Waals surface area contributed by atoms with E-state index in [4.69, 9.17) is 9.63 Å². The first-order chi connectivity index (χ1) is 12.6. The number of hydrogen-bond acceptors (Lipinski definition) is 7. The highest BCUT2D eigenvalue weighted by Crippen LogP contribution is 2.25. The Morgan fingerprint density at radius 3 is 2.96 bits per heavy atom. The van der Waals surface area contributed by atoms with Gasteiger partial charge in [0.2, 0.25) is 17.5 Å². The lowest BCUT2D eigenvalue weighted by atomic mass is 10.1. The molecular formula is C16H11N5O4S. The van der Waals surface area contributed by atoms with Crippen molar-refractivity contribution in [2.75, 3.05) is 0 Å². The van der Waals surface area contributed by atoms with Crippen molar-refractivity contribution in [3.8, 4) is 11.5 Å². The van der Waals surface area contributed by atoms with Crippen LogP contribution < -0.4 is 5.32 Å². The van der Waals surface area contributed by atoms with Gasteiger partial charge in [-0.3, -0.25) is 4.79 Å². The summed E-state index contributed by atoms with van der Waals surface area (Å²) in [5.41, 5.74) is 1.81. The molecular weight excluding hydrogens is 358 g/mol. The molecule has 3 heterocycles. The molecule has 1 amide bonds. The summed E-state index contributed by atoms with van der Waals surface area (Å²) in [7, 11) is 0. The first-order valence-corrected chi connectivity index (χ1v) is 8.36. The SMILES string of the molecule is O=C(O)NCc1nc(-c2csc(C(=O)c3c[nH]c4ccccc34)n2)no1. The lowest BCUT2D eigenvalue weighted by Crippen LogP contribution is -2.20. The van der Waals surface area contributed by atoms with Gasteiger partial charge in [-0.1, -0.05) is 23.4 Å². The van der Waals surface area contributed by atoms with Crippen LogP contribution in [0.5, 0.6) is 0 Å². The number of carbonyl (C=O) groups excluding carboxylic acids is 1. The van der Waals surface area contributed by atoms with Crippen molar-refractivity contribution in [2.24, 2.45) is 0 Å². The minimum Gasteiger partial charge on any atom is -0.465 e. The van der Waals surface area contributed by atoms with Gasteiger partial charge in [-0.15, -0.1) is 11.3 Å². The molecule has 10 heteroatoms. The van der Waals surface area contributed by atoms with Gasteiger partial charge in [-0.05, 0) is 6.07 Å². The van der Waals surface area contributed by atoms with Crippen LogP contribution in [-0.4, -0.2) is 37.1 Å². The summed E-state index contributed by atoms with van der Waals surface area (Å²) in [4.78, 5) is 34.6. The Kier molecular flexibility index (Phi) is 3.93. The highest BCUT2D eigenvalue weighted by atomic mass is 32.1. The van der Waals surface area contributed by atoms with Crippen LogP contribution in [0, 0.1) is 0 Å². The number of carboxylic acid groups (broad SMARTS) is 1. The van der Waals surface area contributed by atoms with Crippen molar-refractivity contribution in [1.29, 1.82) is 0 Å². The van der Waals surface area contributed by atoms with Crippen LogP contribution in [0.2, 0.25) is 0 Å². The molecule has 9 nitrogen and oxygen atoms in total. The molecule has 130 valence electrons. The second-order valence-corrected chi connectivity index (χ2v) is 6.14. The third kappa shape index (κ3) is 2.93. The number of para-hydroxylation sites is 1. The molecule has 0 saturated heterocycles. The van der Waals surface area contributed by atoms with E-state index in [-0.39, 0.29) is 24.0 Å². The van der Waals surface area contributed by atoms with Crippen LogP contribution in [0.15, 0.2) is 40.4 Å². The standard InChI is InChI=1S/C16H11N5O4S/c22-13(9-5-17-10-4-2-1-3-8(9)10)15-19-11(7-26-15)14-20-12(25-21-14)6-18-16(23)24/h1-5,7,17-18H,6H2,(H,23,24). The Morgan fingerprint density at radius 2 is 2.12 bits per heavy atom. The van der Waals surface area contributed by atoms with Gasteiger partial charge in [0.25, 0.3) is 0 Å². The average molecular weight is 369 g/mol. The molecule has 0 saturated carbocycles. The molecule has 0 bridgehead atoms. The smallest absolute Gasteiger partial charge is 0.405 e. The number of amides is 1. The zero-order valence-corrected chi connectivity index (χ0v) is 13.9. The molecule has 0 unspecified atom stereocenters. The highest BCUT2D eigenvalue weighted by molar-refractivity contribution is 7.12.